The molecule has 0 bridgehead atoms. The lowest BCUT2D eigenvalue weighted by atomic mass is 10.1. The van der Waals surface area contributed by atoms with Crippen LogP contribution in [0.1, 0.15) is 38.6 Å². The Kier molecular flexibility index (Phi) is 4.45. The van der Waals surface area contributed by atoms with Crippen LogP contribution in [0.5, 0.6) is 0 Å². The van der Waals surface area contributed by atoms with Crippen molar-refractivity contribution in [2.45, 2.75) is 32.0 Å². The van der Waals surface area contributed by atoms with E-state index in [0.717, 1.165) is 35.8 Å². The van der Waals surface area contributed by atoms with Crippen molar-refractivity contribution >= 4 is 27.5 Å². The Bertz CT molecular complexity index is 1150. The van der Waals surface area contributed by atoms with Gasteiger partial charge in [-0.3, -0.25) is 9.59 Å². The lowest BCUT2D eigenvalue weighted by Gasteiger charge is -2.10. The van der Waals surface area contributed by atoms with Crippen LogP contribution in [0.25, 0.3) is 10.2 Å². The number of carbonyl (C=O) groups excluding carboxylic acids is 1. The molecule has 1 amide bonds. The Labute approximate surface area is 159 Å². The molecule has 0 fully saturated rings. The Hall–Kier alpha value is -2.75. The first-order chi connectivity index (χ1) is 13.2. The van der Waals surface area contributed by atoms with E-state index in [9.17, 15) is 27.2 Å². The Balaban J connectivity index is 1.56. The number of aromatic nitrogens is 2. The molecular weight excluding hydrogens is 398 g/mol. The maximum Gasteiger partial charge on any atom is 0.419 e. The average molecular weight is 411 g/mol. The Morgan fingerprint density at radius 3 is 2.82 bits per heavy atom. The fourth-order valence-corrected chi connectivity index (χ4v) is 4.54. The number of nitrogens with one attached hydrogen (secondary N) is 2. The number of amides is 1. The summed E-state index contributed by atoms with van der Waals surface area (Å²) in [6, 6.07) is 2.48. The molecule has 0 aliphatic heterocycles. The molecule has 146 valence electrons. The number of thiophene rings is 1. The number of rotatable bonds is 3. The predicted octanol–water partition coefficient (Wildman–Crippen LogP) is 3.56. The van der Waals surface area contributed by atoms with Gasteiger partial charge in [0.15, 0.2) is 0 Å². The molecule has 0 radical (unpaired) electrons. The van der Waals surface area contributed by atoms with Crippen LogP contribution in [-0.2, 0) is 25.6 Å². The van der Waals surface area contributed by atoms with Crippen LogP contribution in [0.4, 0.5) is 17.6 Å². The van der Waals surface area contributed by atoms with Crippen molar-refractivity contribution in [3.8, 4) is 0 Å². The van der Waals surface area contributed by atoms with Gasteiger partial charge in [0.05, 0.1) is 10.9 Å². The molecule has 28 heavy (non-hydrogen) atoms. The summed E-state index contributed by atoms with van der Waals surface area (Å²) in [6.45, 7) is -0.273. The van der Waals surface area contributed by atoms with E-state index in [1.165, 1.54) is 11.3 Å². The van der Waals surface area contributed by atoms with Crippen molar-refractivity contribution in [3.05, 3.63) is 61.8 Å². The summed E-state index contributed by atoms with van der Waals surface area (Å²) in [5, 5.41) is 2.90. The van der Waals surface area contributed by atoms with Crippen molar-refractivity contribution in [1.82, 2.24) is 15.3 Å². The highest BCUT2D eigenvalue weighted by atomic mass is 32.1. The number of alkyl halides is 3. The van der Waals surface area contributed by atoms with Gasteiger partial charge < -0.3 is 10.3 Å². The van der Waals surface area contributed by atoms with Crippen LogP contribution < -0.4 is 10.9 Å². The molecular formula is C18H13F4N3O2S. The van der Waals surface area contributed by atoms with Gasteiger partial charge in [-0.2, -0.15) is 13.2 Å². The summed E-state index contributed by atoms with van der Waals surface area (Å²) >= 11 is 1.38. The van der Waals surface area contributed by atoms with E-state index < -0.39 is 29.0 Å². The molecule has 3 aromatic rings. The molecule has 2 aromatic heterocycles. The van der Waals surface area contributed by atoms with Crippen LogP contribution in [0, 0.1) is 5.82 Å². The number of benzene rings is 1. The smallest absolute Gasteiger partial charge is 0.345 e. The van der Waals surface area contributed by atoms with Gasteiger partial charge in [0.25, 0.3) is 11.5 Å². The van der Waals surface area contributed by atoms with Gasteiger partial charge in [0, 0.05) is 11.4 Å². The van der Waals surface area contributed by atoms with E-state index in [1.54, 1.807) is 0 Å². The molecule has 2 heterocycles. The van der Waals surface area contributed by atoms with Gasteiger partial charge in [-0.05, 0) is 42.5 Å². The number of hydrogen-bond acceptors (Lipinski definition) is 4. The number of aryl methyl sites for hydroxylation is 2. The number of nitrogens with zero attached hydrogens (tertiary/aromatic N) is 1. The Morgan fingerprint density at radius 1 is 1.29 bits per heavy atom. The summed E-state index contributed by atoms with van der Waals surface area (Å²) in [7, 11) is 0. The summed E-state index contributed by atoms with van der Waals surface area (Å²) in [5.41, 5.74) is -0.761. The average Bonchev–Trinajstić information content (AvgIpc) is 3.20. The minimum Gasteiger partial charge on any atom is -0.345 e. The first-order valence-electron chi connectivity index (χ1n) is 8.42. The summed E-state index contributed by atoms with van der Waals surface area (Å²) in [4.78, 5) is 32.9. The van der Waals surface area contributed by atoms with E-state index >= 15 is 0 Å². The molecule has 1 aliphatic carbocycles. The first kappa shape index (κ1) is 18.6. The Morgan fingerprint density at radius 2 is 2.07 bits per heavy atom. The maximum atomic E-state index is 13.3. The van der Waals surface area contributed by atoms with Crippen LogP contribution in [0.15, 0.2) is 23.0 Å². The highest BCUT2D eigenvalue weighted by Gasteiger charge is 2.34. The van der Waals surface area contributed by atoms with Gasteiger partial charge in [0.2, 0.25) is 5.82 Å². The van der Waals surface area contributed by atoms with Crippen molar-refractivity contribution in [2.75, 3.05) is 0 Å². The van der Waals surface area contributed by atoms with Crippen LogP contribution in [0.2, 0.25) is 0 Å². The lowest BCUT2D eigenvalue weighted by Crippen LogP contribution is -2.27. The van der Waals surface area contributed by atoms with Gasteiger partial charge in [-0.15, -0.1) is 11.3 Å². The zero-order valence-corrected chi connectivity index (χ0v) is 15.1. The molecule has 2 N–H and O–H groups in total. The summed E-state index contributed by atoms with van der Waals surface area (Å²) in [6.07, 6.45) is -2.17. The highest BCUT2D eigenvalue weighted by molar-refractivity contribution is 7.18. The number of hydrogen-bond donors (Lipinski definition) is 2. The van der Waals surface area contributed by atoms with Crippen molar-refractivity contribution in [1.29, 1.82) is 0 Å². The molecule has 10 heteroatoms. The van der Waals surface area contributed by atoms with Crippen molar-refractivity contribution < 1.29 is 22.4 Å². The zero-order chi connectivity index (χ0) is 20.1. The molecule has 5 nitrogen and oxygen atoms in total. The standard InChI is InChI=1S/C18H13F4N3O2S/c19-11-5-4-8(6-10(11)18(20,21)22)7-23-16(27)14-24-15(26)13-9-2-1-3-12(9)28-17(13)25-14/h4-6H,1-3,7H2,(H,23,27)(H,24,25,26). The number of fused-ring (bicyclic) bond motifs is 3. The molecule has 1 aromatic carbocycles. The first-order valence-corrected chi connectivity index (χ1v) is 9.24. The van der Waals surface area contributed by atoms with Crippen LogP contribution in [0.3, 0.4) is 0 Å². The normalized spacial score (nSPS) is 13.7. The van der Waals surface area contributed by atoms with Crippen molar-refractivity contribution in [2.24, 2.45) is 0 Å². The van der Waals surface area contributed by atoms with E-state index in [4.69, 9.17) is 0 Å². The SMILES string of the molecule is O=C(NCc1ccc(F)c(C(F)(F)F)c1)c1nc2sc3c(c2c(=O)[nH]1)CCC3. The third-order valence-electron chi connectivity index (χ3n) is 4.58. The lowest BCUT2D eigenvalue weighted by molar-refractivity contribution is -0.140. The molecule has 0 atom stereocenters. The second-order valence-corrected chi connectivity index (χ2v) is 7.53. The second kappa shape index (κ2) is 6.69. The van der Waals surface area contributed by atoms with Crippen LogP contribution in [-0.4, -0.2) is 15.9 Å². The van der Waals surface area contributed by atoms with Crippen molar-refractivity contribution in [3.63, 3.8) is 0 Å². The second-order valence-electron chi connectivity index (χ2n) is 6.45. The number of halogens is 4. The molecule has 0 saturated heterocycles. The molecule has 0 unspecified atom stereocenters. The van der Waals surface area contributed by atoms with E-state index in [2.05, 4.69) is 15.3 Å². The van der Waals surface area contributed by atoms with Gasteiger partial charge in [-0.1, -0.05) is 6.07 Å². The minimum atomic E-state index is -4.83. The molecule has 0 spiro atoms. The monoisotopic (exact) mass is 411 g/mol. The molecule has 4 rings (SSSR count). The summed E-state index contributed by atoms with van der Waals surface area (Å²) < 4.78 is 51.7. The zero-order valence-electron chi connectivity index (χ0n) is 14.2. The van der Waals surface area contributed by atoms with E-state index in [1.807, 2.05) is 0 Å². The largest absolute Gasteiger partial charge is 0.419 e. The number of carbonyl (C=O) groups is 1. The van der Waals surface area contributed by atoms with Gasteiger partial charge >= 0.3 is 6.18 Å². The third kappa shape index (κ3) is 3.28. The minimum absolute atomic E-state index is 0.0700. The van der Waals surface area contributed by atoms with E-state index in [-0.39, 0.29) is 17.9 Å². The van der Waals surface area contributed by atoms with Gasteiger partial charge in [-0.25, -0.2) is 9.37 Å². The van der Waals surface area contributed by atoms with Gasteiger partial charge in [0.1, 0.15) is 10.6 Å². The summed E-state index contributed by atoms with van der Waals surface area (Å²) in [5.74, 6) is -2.33. The predicted molar refractivity (Wildman–Crippen MR) is 94.8 cm³/mol. The fourth-order valence-electron chi connectivity index (χ4n) is 3.28. The fraction of sp³-hybridized carbons (Fsp3) is 0.278. The maximum absolute atomic E-state index is 13.3. The molecule has 0 saturated carbocycles. The third-order valence-corrected chi connectivity index (χ3v) is 5.77. The number of H-pyrrole nitrogens is 1. The quantitative estimate of drug-likeness (QED) is 0.648. The highest BCUT2D eigenvalue weighted by Crippen LogP contribution is 2.34. The molecule has 1 aliphatic rings. The topological polar surface area (TPSA) is 74.8 Å². The number of aromatic amines is 1. The van der Waals surface area contributed by atoms with E-state index in [0.29, 0.717) is 22.3 Å². The van der Waals surface area contributed by atoms with Crippen LogP contribution >= 0.6 is 11.3 Å².